The minimum Gasteiger partial charge on any atom is -0.232 e. The molecule has 0 atom stereocenters. The Balaban J connectivity index is 2.27. The molecule has 23 heavy (non-hydrogen) atoms. The van der Waals surface area contributed by atoms with Crippen molar-refractivity contribution in [3.63, 3.8) is 0 Å². The summed E-state index contributed by atoms with van der Waals surface area (Å²) < 4.78 is 2.14. The monoisotopic (exact) mass is 305 g/mol. The maximum Gasteiger partial charge on any atom is 0.331 e. The van der Waals surface area contributed by atoms with Crippen molar-refractivity contribution in [3.8, 4) is 11.4 Å². The number of aryl methyl sites for hydroxylation is 3. The summed E-state index contributed by atoms with van der Waals surface area (Å²) in [5.74, 6) is 1.55. The summed E-state index contributed by atoms with van der Waals surface area (Å²) in [5, 5.41) is 1.18. The number of hydrogen-bond donors (Lipinski definition) is 0. The van der Waals surface area contributed by atoms with Crippen LogP contribution < -0.4 is 4.57 Å². The molecule has 1 aromatic heterocycles. The molecule has 0 aliphatic carbocycles. The average Bonchev–Trinajstić information content (AvgIpc) is 2.49. The summed E-state index contributed by atoms with van der Waals surface area (Å²) in [5.41, 5.74) is 7.53. The van der Waals surface area contributed by atoms with Gasteiger partial charge in [-0.05, 0) is 72.1 Å². The van der Waals surface area contributed by atoms with Crippen LogP contribution in [0.3, 0.4) is 0 Å². The second kappa shape index (κ2) is 5.77. The third-order valence-corrected chi connectivity index (χ3v) is 4.67. The van der Waals surface area contributed by atoms with Gasteiger partial charge in [0.1, 0.15) is 6.20 Å². The largest absolute Gasteiger partial charge is 0.331 e. The van der Waals surface area contributed by atoms with E-state index in [1.165, 1.54) is 33.2 Å². The molecule has 2 heteroatoms. The molecular formula is C21H25N2+. The highest BCUT2D eigenvalue weighted by Gasteiger charge is 2.19. The van der Waals surface area contributed by atoms with Crippen LogP contribution in [0.4, 0.5) is 0 Å². The molecule has 3 aromatic rings. The highest BCUT2D eigenvalue weighted by Crippen LogP contribution is 2.26. The molecular weight excluding hydrogens is 280 g/mol. The minimum atomic E-state index is 0.515. The Morgan fingerprint density at radius 2 is 1.74 bits per heavy atom. The van der Waals surface area contributed by atoms with Gasteiger partial charge >= 0.3 is 5.82 Å². The molecule has 3 rings (SSSR count). The van der Waals surface area contributed by atoms with Crippen LogP contribution in [-0.2, 0) is 7.05 Å². The number of fused-ring (bicyclic) bond motifs is 1. The highest BCUT2D eigenvalue weighted by molar-refractivity contribution is 5.79. The minimum absolute atomic E-state index is 0.515. The molecule has 0 aliphatic heterocycles. The Bertz CT molecular complexity index is 892. The van der Waals surface area contributed by atoms with Crippen LogP contribution in [0, 0.1) is 20.8 Å². The summed E-state index contributed by atoms with van der Waals surface area (Å²) in [6.07, 6.45) is 2.18. The van der Waals surface area contributed by atoms with E-state index in [9.17, 15) is 0 Å². The van der Waals surface area contributed by atoms with Crippen molar-refractivity contribution in [3.05, 3.63) is 58.8 Å². The fourth-order valence-electron chi connectivity index (χ4n) is 3.11. The Labute approximate surface area is 138 Å². The topological polar surface area (TPSA) is 16.8 Å². The van der Waals surface area contributed by atoms with Crippen molar-refractivity contribution in [1.29, 1.82) is 0 Å². The van der Waals surface area contributed by atoms with Crippen molar-refractivity contribution >= 4 is 10.9 Å². The molecule has 0 N–H and O–H groups in total. The van der Waals surface area contributed by atoms with Gasteiger partial charge in [0.2, 0.25) is 0 Å². The van der Waals surface area contributed by atoms with E-state index in [1.807, 2.05) is 0 Å². The van der Waals surface area contributed by atoms with E-state index < -0.39 is 0 Å². The number of nitrogens with zero attached hydrogens (tertiary/aromatic N) is 2. The van der Waals surface area contributed by atoms with Gasteiger partial charge in [-0.3, -0.25) is 0 Å². The van der Waals surface area contributed by atoms with Gasteiger partial charge in [-0.15, -0.1) is 0 Å². The zero-order valence-corrected chi connectivity index (χ0v) is 14.9. The van der Waals surface area contributed by atoms with Gasteiger partial charge in [-0.25, -0.2) is 4.57 Å². The molecule has 1 heterocycles. The van der Waals surface area contributed by atoms with E-state index in [4.69, 9.17) is 4.98 Å². The predicted octanol–water partition coefficient (Wildman–Crippen LogP) is 4.77. The first kappa shape index (κ1) is 15.7. The van der Waals surface area contributed by atoms with Crippen molar-refractivity contribution in [2.45, 2.75) is 40.5 Å². The van der Waals surface area contributed by atoms with Gasteiger partial charge in [0, 0.05) is 0 Å². The Morgan fingerprint density at radius 3 is 2.43 bits per heavy atom. The van der Waals surface area contributed by atoms with Gasteiger partial charge in [0.05, 0.1) is 18.0 Å². The normalized spacial score (nSPS) is 11.4. The highest BCUT2D eigenvalue weighted by atomic mass is 15.0. The Morgan fingerprint density at radius 1 is 1.00 bits per heavy atom. The lowest BCUT2D eigenvalue weighted by atomic mass is 9.99. The second-order valence-electron chi connectivity index (χ2n) is 6.90. The first-order valence-corrected chi connectivity index (χ1v) is 8.25. The molecule has 0 unspecified atom stereocenters. The number of hydrogen-bond acceptors (Lipinski definition) is 1. The van der Waals surface area contributed by atoms with E-state index in [0.29, 0.717) is 5.92 Å². The van der Waals surface area contributed by atoms with Gasteiger partial charge in [0.25, 0.3) is 0 Å². The van der Waals surface area contributed by atoms with Gasteiger partial charge < -0.3 is 0 Å². The van der Waals surface area contributed by atoms with E-state index in [0.717, 1.165) is 11.3 Å². The van der Waals surface area contributed by atoms with Crippen molar-refractivity contribution in [2.24, 2.45) is 7.05 Å². The summed E-state index contributed by atoms with van der Waals surface area (Å²) >= 11 is 0. The van der Waals surface area contributed by atoms with Crippen molar-refractivity contribution in [1.82, 2.24) is 4.98 Å². The molecule has 0 radical (unpaired) electrons. The first-order chi connectivity index (χ1) is 10.9. The molecule has 2 nitrogen and oxygen atoms in total. The third-order valence-electron chi connectivity index (χ3n) is 4.67. The van der Waals surface area contributed by atoms with E-state index in [1.54, 1.807) is 0 Å². The molecule has 0 bridgehead atoms. The zero-order valence-electron chi connectivity index (χ0n) is 14.9. The Kier molecular flexibility index (Phi) is 3.93. The average molecular weight is 305 g/mol. The SMILES string of the molecule is Cc1cc(C)c(C)c(-c2nc3cc(C(C)C)ccc3c[n+]2C)c1. The molecule has 0 spiro atoms. The molecule has 118 valence electrons. The smallest absolute Gasteiger partial charge is 0.232 e. The van der Waals surface area contributed by atoms with Crippen LogP contribution in [0.2, 0.25) is 0 Å². The molecule has 0 saturated carbocycles. The van der Waals surface area contributed by atoms with Gasteiger partial charge in [0.15, 0.2) is 5.52 Å². The first-order valence-electron chi connectivity index (χ1n) is 8.25. The second-order valence-corrected chi connectivity index (χ2v) is 6.90. The molecule has 0 amide bonds. The lowest BCUT2D eigenvalue weighted by Gasteiger charge is -2.09. The quantitative estimate of drug-likeness (QED) is 0.623. The predicted molar refractivity (Wildman–Crippen MR) is 96.7 cm³/mol. The van der Waals surface area contributed by atoms with Crippen LogP contribution in [-0.4, -0.2) is 4.98 Å². The van der Waals surface area contributed by atoms with Crippen LogP contribution in [0.25, 0.3) is 22.3 Å². The lowest BCUT2D eigenvalue weighted by molar-refractivity contribution is -0.661. The van der Waals surface area contributed by atoms with Gasteiger partial charge in [-0.2, -0.15) is 0 Å². The molecule has 2 aromatic carbocycles. The molecule has 0 fully saturated rings. The molecule has 0 saturated heterocycles. The number of benzene rings is 2. The van der Waals surface area contributed by atoms with E-state index >= 15 is 0 Å². The maximum absolute atomic E-state index is 4.99. The van der Waals surface area contributed by atoms with Crippen LogP contribution >= 0.6 is 0 Å². The standard InChI is InChI=1S/C21H25N2/c1-13(2)17-7-8-18-12-23(6)21(22-20(18)11-17)19-10-14(3)9-15(4)16(19)5/h7-13H,1-6H3/q+1. The maximum atomic E-state index is 4.99. The number of rotatable bonds is 2. The fourth-order valence-corrected chi connectivity index (χ4v) is 3.11. The lowest BCUT2D eigenvalue weighted by Crippen LogP contribution is -2.32. The van der Waals surface area contributed by atoms with Crippen LogP contribution in [0.1, 0.15) is 42.0 Å². The Hall–Kier alpha value is -2.22. The summed E-state index contributed by atoms with van der Waals surface area (Å²) in [6, 6.07) is 11.1. The van der Waals surface area contributed by atoms with Crippen LogP contribution in [0.15, 0.2) is 36.5 Å². The van der Waals surface area contributed by atoms with Crippen LogP contribution in [0.5, 0.6) is 0 Å². The summed E-state index contributed by atoms with van der Waals surface area (Å²) in [6.45, 7) is 10.9. The third kappa shape index (κ3) is 2.86. The van der Waals surface area contributed by atoms with Gasteiger partial charge in [-0.1, -0.05) is 26.0 Å². The van der Waals surface area contributed by atoms with E-state index in [2.05, 4.69) is 82.8 Å². The fraction of sp³-hybridized carbons (Fsp3) is 0.333. The zero-order chi connectivity index (χ0) is 16.7. The molecule has 0 aliphatic rings. The van der Waals surface area contributed by atoms with Crippen molar-refractivity contribution < 1.29 is 4.57 Å². The van der Waals surface area contributed by atoms with Crippen molar-refractivity contribution in [2.75, 3.05) is 0 Å². The number of aromatic nitrogens is 2. The summed E-state index contributed by atoms with van der Waals surface area (Å²) in [4.78, 5) is 4.99. The van der Waals surface area contributed by atoms with E-state index in [-0.39, 0.29) is 0 Å². The summed E-state index contributed by atoms with van der Waals surface area (Å²) in [7, 11) is 2.08.